The summed E-state index contributed by atoms with van der Waals surface area (Å²) in [7, 11) is 0. The molecule has 2 unspecified atom stereocenters. The molecule has 2 aliphatic heterocycles. The number of urea groups is 1. The lowest BCUT2D eigenvalue weighted by atomic mass is 9.83. The standard InChI is InChI=1S/C25H27F3N6O3/c26-25(27,28)37-21-3-1-17(2-4-21)18-11-19(22-15-34(16-31-22)23-12-29-7-8-30-23)14-33(13-18)24(36)32-9-5-20(35)6-10-32/h1-4,7-8,12,15-16,18-20,35H,5-6,9-11,13-14H2. The van der Waals surface area contributed by atoms with Crippen molar-refractivity contribution in [2.45, 2.75) is 43.6 Å². The molecule has 2 aromatic heterocycles. The lowest BCUT2D eigenvalue weighted by molar-refractivity contribution is -0.274. The summed E-state index contributed by atoms with van der Waals surface area (Å²) in [6.45, 7) is 1.85. The smallest absolute Gasteiger partial charge is 0.406 e. The number of carbonyl (C=O) groups excluding carboxylic acids is 1. The lowest BCUT2D eigenvalue weighted by Crippen LogP contribution is -2.51. The minimum absolute atomic E-state index is 0.0953. The van der Waals surface area contributed by atoms with Gasteiger partial charge in [0.05, 0.1) is 18.0 Å². The van der Waals surface area contributed by atoms with E-state index < -0.39 is 12.5 Å². The number of imidazole rings is 1. The Morgan fingerprint density at radius 2 is 1.73 bits per heavy atom. The van der Waals surface area contributed by atoms with Gasteiger partial charge in [-0.3, -0.25) is 9.55 Å². The van der Waals surface area contributed by atoms with Crippen LogP contribution in [0.5, 0.6) is 5.75 Å². The molecule has 0 saturated carbocycles. The second-order valence-corrected chi connectivity index (χ2v) is 9.42. The van der Waals surface area contributed by atoms with Crippen LogP contribution in [0.25, 0.3) is 5.82 Å². The minimum Gasteiger partial charge on any atom is -0.406 e. The van der Waals surface area contributed by atoms with Gasteiger partial charge in [0.1, 0.15) is 12.1 Å². The first kappa shape index (κ1) is 25.0. The number of likely N-dealkylation sites (tertiary alicyclic amines) is 2. The van der Waals surface area contributed by atoms with E-state index in [2.05, 4.69) is 19.7 Å². The van der Waals surface area contributed by atoms with E-state index in [0.717, 1.165) is 11.3 Å². The Morgan fingerprint density at radius 1 is 1.00 bits per heavy atom. The number of nitrogens with zero attached hydrogens (tertiary/aromatic N) is 6. The Balaban J connectivity index is 1.38. The normalized spacial score (nSPS) is 21.2. The van der Waals surface area contributed by atoms with Crippen molar-refractivity contribution in [1.29, 1.82) is 0 Å². The van der Waals surface area contributed by atoms with E-state index in [4.69, 9.17) is 0 Å². The summed E-state index contributed by atoms with van der Waals surface area (Å²) in [5, 5.41) is 9.84. The number of piperidine rings is 2. The molecule has 2 aliphatic rings. The van der Waals surface area contributed by atoms with Gasteiger partial charge in [-0.05, 0) is 37.0 Å². The average Bonchev–Trinajstić information content (AvgIpc) is 3.39. The number of hydrogen-bond donors (Lipinski definition) is 1. The Hall–Kier alpha value is -3.67. The van der Waals surface area contributed by atoms with Crippen LogP contribution in [0.2, 0.25) is 0 Å². The Kier molecular flexibility index (Phi) is 7.00. The van der Waals surface area contributed by atoms with Crippen molar-refractivity contribution in [2.24, 2.45) is 0 Å². The topological polar surface area (TPSA) is 96.6 Å². The number of hydrogen-bond acceptors (Lipinski definition) is 6. The van der Waals surface area contributed by atoms with E-state index in [1.54, 1.807) is 51.4 Å². The fraction of sp³-hybridized carbons (Fsp3) is 0.440. The second kappa shape index (κ2) is 10.4. The molecule has 0 aliphatic carbocycles. The Morgan fingerprint density at radius 3 is 2.41 bits per heavy atom. The first-order valence-corrected chi connectivity index (χ1v) is 12.1. The summed E-state index contributed by atoms with van der Waals surface area (Å²) in [4.78, 5) is 29.9. The van der Waals surface area contributed by atoms with Gasteiger partial charge in [0.25, 0.3) is 0 Å². The van der Waals surface area contributed by atoms with Crippen molar-refractivity contribution in [3.05, 3.63) is 66.6 Å². The number of rotatable bonds is 4. The maximum Gasteiger partial charge on any atom is 0.573 e. The van der Waals surface area contributed by atoms with Crippen LogP contribution in [0.15, 0.2) is 55.4 Å². The van der Waals surface area contributed by atoms with Gasteiger partial charge >= 0.3 is 12.4 Å². The highest BCUT2D eigenvalue weighted by Gasteiger charge is 2.36. The van der Waals surface area contributed by atoms with E-state index >= 15 is 0 Å². The number of carbonyl (C=O) groups is 1. The van der Waals surface area contributed by atoms with Gasteiger partial charge in [0.15, 0.2) is 5.82 Å². The predicted octanol–water partition coefficient (Wildman–Crippen LogP) is 3.71. The van der Waals surface area contributed by atoms with Crippen LogP contribution in [0.4, 0.5) is 18.0 Å². The van der Waals surface area contributed by atoms with Gasteiger partial charge in [-0.2, -0.15) is 0 Å². The van der Waals surface area contributed by atoms with Crippen molar-refractivity contribution in [3.8, 4) is 11.6 Å². The summed E-state index contributed by atoms with van der Waals surface area (Å²) >= 11 is 0. The van der Waals surface area contributed by atoms with E-state index in [1.165, 1.54) is 12.1 Å². The van der Waals surface area contributed by atoms with Gasteiger partial charge in [0, 0.05) is 56.6 Å². The molecule has 1 N–H and O–H groups in total. The van der Waals surface area contributed by atoms with Gasteiger partial charge in [0.2, 0.25) is 0 Å². The molecule has 0 bridgehead atoms. The zero-order chi connectivity index (χ0) is 26.0. The van der Waals surface area contributed by atoms with Crippen LogP contribution in [0, 0.1) is 0 Å². The molecule has 0 radical (unpaired) electrons. The maximum absolute atomic E-state index is 13.4. The van der Waals surface area contributed by atoms with Crippen molar-refractivity contribution in [3.63, 3.8) is 0 Å². The Bertz CT molecular complexity index is 1200. The third-order valence-corrected chi connectivity index (χ3v) is 6.88. The van der Waals surface area contributed by atoms with Crippen molar-refractivity contribution < 1.29 is 27.8 Å². The summed E-state index contributed by atoms with van der Waals surface area (Å²) in [6.07, 6.45) is 4.92. The van der Waals surface area contributed by atoms with Crippen LogP contribution in [0.1, 0.15) is 42.4 Å². The number of halogens is 3. The van der Waals surface area contributed by atoms with E-state index in [9.17, 15) is 23.1 Å². The van der Waals surface area contributed by atoms with Crippen LogP contribution < -0.4 is 4.74 Å². The van der Waals surface area contributed by atoms with Crippen molar-refractivity contribution >= 4 is 6.03 Å². The molecule has 4 heterocycles. The zero-order valence-electron chi connectivity index (χ0n) is 20.0. The summed E-state index contributed by atoms with van der Waals surface area (Å²) in [5.74, 6) is 0.126. The summed E-state index contributed by atoms with van der Waals surface area (Å²) in [6, 6.07) is 5.73. The van der Waals surface area contributed by atoms with Crippen LogP contribution in [0.3, 0.4) is 0 Å². The van der Waals surface area contributed by atoms with Crippen molar-refractivity contribution in [1.82, 2.24) is 29.3 Å². The number of benzene rings is 1. The van der Waals surface area contributed by atoms with Crippen LogP contribution >= 0.6 is 0 Å². The molecule has 2 saturated heterocycles. The average molecular weight is 517 g/mol. The molecular weight excluding hydrogens is 489 g/mol. The molecule has 2 amide bonds. The van der Waals surface area contributed by atoms with Crippen LogP contribution in [-0.2, 0) is 0 Å². The molecule has 0 spiro atoms. The molecule has 2 atom stereocenters. The number of alkyl halides is 3. The maximum atomic E-state index is 13.4. The lowest BCUT2D eigenvalue weighted by Gasteiger charge is -2.41. The zero-order valence-corrected chi connectivity index (χ0v) is 20.0. The quantitative estimate of drug-likeness (QED) is 0.568. The highest BCUT2D eigenvalue weighted by Crippen LogP contribution is 2.37. The van der Waals surface area contributed by atoms with Gasteiger partial charge in [-0.1, -0.05) is 12.1 Å². The predicted molar refractivity (Wildman–Crippen MR) is 126 cm³/mol. The molecule has 1 aromatic carbocycles. The largest absolute Gasteiger partial charge is 0.573 e. The van der Waals surface area contributed by atoms with E-state index in [0.29, 0.717) is 51.3 Å². The molecule has 5 rings (SSSR count). The third-order valence-electron chi connectivity index (χ3n) is 6.88. The fourth-order valence-electron chi connectivity index (χ4n) is 5.01. The first-order valence-electron chi connectivity index (χ1n) is 12.1. The van der Waals surface area contributed by atoms with Crippen molar-refractivity contribution in [2.75, 3.05) is 26.2 Å². The number of aromatic nitrogens is 4. The van der Waals surface area contributed by atoms with Gasteiger partial charge in [-0.25, -0.2) is 14.8 Å². The van der Waals surface area contributed by atoms with E-state index in [-0.39, 0.29) is 23.6 Å². The van der Waals surface area contributed by atoms with Gasteiger partial charge in [-0.15, -0.1) is 13.2 Å². The highest BCUT2D eigenvalue weighted by atomic mass is 19.4. The summed E-state index contributed by atoms with van der Waals surface area (Å²) < 4.78 is 43.6. The molecule has 3 aromatic rings. The Labute approximate surface area is 211 Å². The minimum atomic E-state index is -4.76. The fourth-order valence-corrected chi connectivity index (χ4v) is 5.01. The first-order chi connectivity index (χ1) is 17.7. The monoisotopic (exact) mass is 516 g/mol. The summed E-state index contributed by atoms with van der Waals surface area (Å²) in [5.41, 5.74) is 1.61. The molecular formula is C25H27F3N6O3. The number of ether oxygens (including phenoxy) is 1. The number of aliphatic hydroxyl groups is 1. The number of amides is 2. The van der Waals surface area contributed by atoms with Gasteiger partial charge < -0.3 is 19.6 Å². The number of aliphatic hydroxyl groups excluding tert-OH is 1. The molecule has 37 heavy (non-hydrogen) atoms. The molecule has 9 nitrogen and oxygen atoms in total. The molecule has 2 fully saturated rings. The highest BCUT2D eigenvalue weighted by molar-refractivity contribution is 5.75. The van der Waals surface area contributed by atoms with Crippen LogP contribution in [-0.4, -0.2) is 79.1 Å². The molecule has 196 valence electrons. The van der Waals surface area contributed by atoms with E-state index in [1.807, 2.05) is 6.20 Å². The molecule has 12 heteroatoms. The SMILES string of the molecule is O=C(N1CCC(O)CC1)N1CC(c2ccc(OC(F)(F)F)cc2)CC(c2cn(-c3cnccn3)cn2)C1. The third kappa shape index (κ3) is 6.01. The second-order valence-electron chi connectivity index (χ2n) is 9.42.